The van der Waals surface area contributed by atoms with Crippen LogP contribution >= 0.6 is 0 Å². The highest BCUT2D eigenvalue weighted by atomic mass is 14.8. The Labute approximate surface area is 264 Å². The Hall–Kier alpha value is -6.33. The summed E-state index contributed by atoms with van der Waals surface area (Å²) in [4.78, 5) is 24.9. The predicted octanol–water partition coefficient (Wildman–Crippen LogP) is 9.94. The molecule has 0 aliphatic rings. The number of benzene rings is 4. The molecule has 0 spiro atoms. The Morgan fingerprint density at radius 3 is 1.20 bits per heavy atom. The van der Waals surface area contributed by atoms with Gasteiger partial charge in [-0.2, -0.15) is 0 Å². The second kappa shape index (κ2) is 10.7. The largest absolute Gasteiger partial charge is 0.255 e. The van der Waals surface area contributed by atoms with Gasteiger partial charge in [-0.1, -0.05) is 103 Å². The zero-order chi connectivity index (χ0) is 30.5. The van der Waals surface area contributed by atoms with Crippen molar-refractivity contribution in [1.29, 1.82) is 0 Å². The van der Waals surface area contributed by atoms with Gasteiger partial charge in [0.05, 0.1) is 50.5 Å². The summed E-state index contributed by atoms with van der Waals surface area (Å²) in [5.41, 5.74) is 11.0. The molecule has 5 heteroatoms. The zero-order valence-electron chi connectivity index (χ0n) is 24.7. The summed E-state index contributed by atoms with van der Waals surface area (Å²) < 4.78 is 0. The van der Waals surface area contributed by atoms with E-state index in [-0.39, 0.29) is 0 Å². The quantitative estimate of drug-likeness (QED) is 0.192. The smallest absolute Gasteiger partial charge is 0.0973 e. The Balaban J connectivity index is 1.15. The molecule has 5 nitrogen and oxygen atoms in total. The highest BCUT2D eigenvalue weighted by Crippen LogP contribution is 2.32. The summed E-state index contributed by atoms with van der Waals surface area (Å²) in [6.45, 7) is 0. The first-order valence-corrected chi connectivity index (χ1v) is 15.3. The van der Waals surface area contributed by atoms with Gasteiger partial charge in [-0.05, 0) is 42.5 Å². The third-order valence-corrected chi connectivity index (χ3v) is 8.49. The molecule has 46 heavy (non-hydrogen) atoms. The SMILES string of the molecule is c1ccc(-c2ccc3ccc4ccc(-c5cccc(-c6ccc7ccc8ccc(-c9ccccn9)nc8c7n6)c5)nc4c3n2)cc1. The van der Waals surface area contributed by atoms with Crippen LogP contribution in [0.4, 0.5) is 0 Å². The fraction of sp³-hybridized carbons (Fsp3) is 0. The molecule has 214 valence electrons. The van der Waals surface area contributed by atoms with Crippen molar-refractivity contribution in [3.05, 3.63) is 152 Å². The fourth-order valence-corrected chi connectivity index (χ4v) is 6.12. The molecule has 0 bridgehead atoms. The number of hydrogen-bond donors (Lipinski definition) is 0. The van der Waals surface area contributed by atoms with Crippen molar-refractivity contribution in [1.82, 2.24) is 24.9 Å². The van der Waals surface area contributed by atoms with E-state index >= 15 is 0 Å². The van der Waals surface area contributed by atoms with Crippen LogP contribution in [0, 0.1) is 0 Å². The van der Waals surface area contributed by atoms with Gasteiger partial charge in [-0.3, -0.25) is 4.98 Å². The van der Waals surface area contributed by atoms with Crippen molar-refractivity contribution in [2.75, 3.05) is 0 Å². The van der Waals surface area contributed by atoms with Gasteiger partial charge in [-0.15, -0.1) is 0 Å². The highest BCUT2D eigenvalue weighted by molar-refractivity contribution is 6.05. The average molecular weight is 588 g/mol. The molecule has 0 unspecified atom stereocenters. The topological polar surface area (TPSA) is 64.5 Å². The third-order valence-electron chi connectivity index (χ3n) is 8.49. The normalized spacial score (nSPS) is 11.5. The lowest BCUT2D eigenvalue weighted by Crippen LogP contribution is -1.93. The van der Waals surface area contributed by atoms with Gasteiger partial charge in [-0.25, -0.2) is 19.9 Å². The van der Waals surface area contributed by atoms with Gasteiger partial charge >= 0.3 is 0 Å². The van der Waals surface area contributed by atoms with E-state index in [1.807, 2.05) is 42.5 Å². The van der Waals surface area contributed by atoms with Crippen LogP contribution < -0.4 is 0 Å². The van der Waals surface area contributed by atoms with Crippen LogP contribution in [-0.4, -0.2) is 24.9 Å². The van der Waals surface area contributed by atoms with Crippen LogP contribution in [0.15, 0.2) is 152 Å². The monoisotopic (exact) mass is 587 g/mol. The van der Waals surface area contributed by atoms with Gasteiger partial charge in [0.15, 0.2) is 0 Å². The Kier molecular flexibility index (Phi) is 6.06. The van der Waals surface area contributed by atoms with Crippen molar-refractivity contribution in [3.63, 3.8) is 0 Å². The molecule has 0 atom stereocenters. The number of fused-ring (bicyclic) bond motifs is 6. The van der Waals surface area contributed by atoms with E-state index in [0.29, 0.717) is 0 Å². The molecule has 5 aromatic heterocycles. The van der Waals surface area contributed by atoms with E-state index < -0.39 is 0 Å². The van der Waals surface area contributed by atoms with Gasteiger partial charge in [0, 0.05) is 44.4 Å². The van der Waals surface area contributed by atoms with Crippen molar-refractivity contribution in [2.24, 2.45) is 0 Å². The molecular formula is C41H25N5. The van der Waals surface area contributed by atoms with Gasteiger partial charge in [0.1, 0.15) is 0 Å². The number of pyridine rings is 5. The van der Waals surface area contributed by atoms with Gasteiger partial charge in [0.25, 0.3) is 0 Å². The van der Waals surface area contributed by atoms with Crippen LogP contribution in [0.25, 0.3) is 88.8 Å². The lowest BCUT2D eigenvalue weighted by atomic mass is 10.0. The zero-order valence-corrected chi connectivity index (χ0v) is 24.7. The fourth-order valence-electron chi connectivity index (χ4n) is 6.12. The Bertz CT molecular complexity index is 2400. The molecule has 4 aromatic carbocycles. The van der Waals surface area contributed by atoms with E-state index in [1.54, 1.807) is 6.20 Å². The maximum atomic E-state index is 5.17. The summed E-state index contributed by atoms with van der Waals surface area (Å²) in [7, 11) is 0. The van der Waals surface area contributed by atoms with Gasteiger partial charge < -0.3 is 0 Å². The van der Waals surface area contributed by atoms with E-state index in [4.69, 9.17) is 19.9 Å². The molecule has 0 saturated carbocycles. The first-order valence-electron chi connectivity index (χ1n) is 15.3. The van der Waals surface area contributed by atoms with E-state index in [0.717, 1.165) is 88.8 Å². The van der Waals surface area contributed by atoms with Crippen molar-refractivity contribution in [2.45, 2.75) is 0 Å². The van der Waals surface area contributed by atoms with Gasteiger partial charge in [0.2, 0.25) is 0 Å². The molecule has 0 saturated heterocycles. The summed E-state index contributed by atoms with van der Waals surface area (Å²) in [5, 5.41) is 4.22. The molecule has 0 aliphatic carbocycles. The summed E-state index contributed by atoms with van der Waals surface area (Å²) in [6.07, 6.45) is 1.79. The van der Waals surface area contributed by atoms with E-state index in [9.17, 15) is 0 Å². The molecule has 0 radical (unpaired) electrons. The molecule has 0 N–H and O–H groups in total. The van der Waals surface area contributed by atoms with Crippen LogP contribution in [0.3, 0.4) is 0 Å². The molecule has 0 amide bonds. The number of nitrogens with zero attached hydrogens (tertiary/aromatic N) is 5. The van der Waals surface area contributed by atoms with E-state index in [2.05, 4.69) is 108 Å². The molecule has 5 heterocycles. The minimum atomic E-state index is 0.829. The second-order valence-electron chi connectivity index (χ2n) is 11.4. The molecule has 9 aromatic rings. The van der Waals surface area contributed by atoms with Crippen LogP contribution in [0.5, 0.6) is 0 Å². The molecular weight excluding hydrogens is 562 g/mol. The van der Waals surface area contributed by atoms with E-state index in [1.165, 1.54) is 0 Å². The second-order valence-corrected chi connectivity index (χ2v) is 11.4. The standard InChI is InChI=1S/C41H25N5/c1-2-7-26(8-3-1)33-20-16-27-12-13-28-17-21-34(44-39(28)38(27)43-33)31-9-6-10-32(25-31)35-22-18-29-14-15-30-19-23-37(36-11-4-5-24-42-36)46-41(30)40(29)45-35/h1-25H. The maximum absolute atomic E-state index is 5.17. The van der Waals surface area contributed by atoms with Crippen molar-refractivity contribution in [3.8, 4) is 45.2 Å². The summed E-state index contributed by atoms with van der Waals surface area (Å²) in [5.74, 6) is 0. The number of aromatic nitrogens is 5. The predicted molar refractivity (Wildman–Crippen MR) is 187 cm³/mol. The minimum absolute atomic E-state index is 0.829. The first kappa shape index (κ1) is 26.1. The Morgan fingerprint density at radius 1 is 0.283 bits per heavy atom. The number of hydrogen-bond acceptors (Lipinski definition) is 5. The first-order chi connectivity index (χ1) is 22.8. The molecule has 9 rings (SSSR count). The lowest BCUT2D eigenvalue weighted by molar-refractivity contribution is 1.27. The Morgan fingerprint density at radius 2 is 0.696 bits per heavy atom. The minimum Gasteiger partial charge on any atom is -0.255 e. The van der Waals surface area contributed by atoms with Crippen molar-refractivity contribution >= 4 is 43.6 Å². The van der Waals surface area contributed by atoms with Crippen LogP contribution in [0.1, 0.15) is 0 Å². The highest BCUT2D eigenvalue weighted by Gasteiger charge is 2.12. The van der Waals surface area contributed by atoms with Crippen LogP contribution in [-0.2, 0) is 0 Å². The number of rotatable bonds is 4. The van der Waals surface area contributed by atoms with Crippen molar-refractivity contribution < 1.29 is 0 Å². The van der Waals surface area contributed by atoms with Crippen LogP contribution in [0.2, 0.25) is 0 Å². The summed E-state index contributed by atoms with van der Waals surface area (Å²) in [6, 6.07) is 49.7. The molecule has 0 aliphatic heterocycles. The molecule has 0 fully saturated rings. The summed E-state index contributed by atoms with van der Waals surface area (Å²) >= 11 is 0. The maximum Gasteiger partial charge on any atom is 0.0973 e. The third kappa shape index (κ3) is 4.54. The average Bonchev–Trinajstić information content (AvgIpc) is 3.14. The lowest BCUT2D eigenvalue weighted by Gasteiger charge is -2.10.